The van der Waals surface area contributed by atoms with Crippen LogP contribution >= 0.6 is 22.9 Å². The Hall–Kier alpha value is -0.160. The molecule has 1 N–H and O–H groups in total. The number of hydrogen-bond acceptors (Lipinski definition) is 4. The molecule has 1 rings (SSSR count). The average molecular weight is 249 g/mol. The summed E-state index contributed by atoms with van der Waals surface area (Å²) in [5.41, 5.74) is 0. The van der Waals surface area contributed by atoms with Crippen LogP contribution in [0, 0.1) is 0 Å². The molecular formula is C10H17ClN2OS. The topological polar surface area (TPSA) is 34.1 Å². The second-order valence-electron chi connectivity index (χ2n) is 3.29. The molecule has 0 saturated carbocycles. The molecule has 0 aliphatic rings. The number of aromatic nitrogens is 1. The second kappa shape index (κ2) is 8.05. The Morgan fingerprint density at radius 3 is 3.00 bits per heavy atom. The van der Waals surface area contributed by atoms with Crippen LogP contribution in [0.4, 0.5) is 0 Å². The van der Waals surface area contributed by atoms with Crippen LogP contribution in [0.5, 0.6) is 0 Å². The Labute approximate surface area is 99.8 Å². The number of nitrogens with zero attached hydrogens (tertiary/aromatic N) is 1. The fraction of sp³-hybridized carbons (Fsp3) is 0.700. The smallest absolute Gasteiger partial charge is 0.113 e. The summed E-state index contributed by atoms with van der Waals surface area (Å²) in [5, 5.41) is 4.39. The Bertz CT molecular complexity index is 268. The van der Waals surface area contributed by atoms with Gasteiger partial charge in [0, 0.05) is 20.3 Å². The highest BCUT2D eigenvalue weighted by atomic mass is 35.5. The third-order valence-electron chi connectivity index (χ3n) is 2.00. The lowest BCUT2D eigenvalue weighted by Gasteiger charge is -2.02. The lowest BCUT2D eigenvalue weighted by Crippen LogP contribution is -2.14. The molecule has 0 aromatic carbocycles. The number of nitrogens with one attached hydrogen (secondary N) is 1. The lowest BCUT2D eigenvalue weighted by atomic mass is 10.2. The van der Waals surface area contributed by atoms with Gasteiger partial charge in [-0.05, 0) is 25.8 Å². The van der Waals surface area contributed by atoms with Crippen molar-refractivity contribution in [2.75, 3.05) is 20.3 Å². The zero-order valence-corrected chi connectivity index (χ0v) is 10.5. The van der Waals surface area contributed by atoms with Crippen LogP contribution < -0.4 is 5.32 Å². The molecule has 0 spiro atoms. The molecule has 1 aromatic rings. The fourth-order valence-electron chi connectivity index (χ4n) is 1.24. The molecule has 0 unspecified atom stereocenters. The summed E-state index contributed by atoms with van der Waals surface area (Å²) in [7, 11) is 1.74. The molecule has 0 fully saturated rings. The van der Waals surface area contributed by atoms with E-state index in [1.807, 2.05) is 0 Å². The predicted molar refractivity (Wildman–Crippen MR) is 64.6 cm³/mol. The van der Waals surface area contributed by atoms with Crippen LogP contribution in [0.15, 0.2) is 6.20 Å². The highest BCUT2D eigenvalue weighted by molar-refractivity contribution is 7.15. The number of unbranched alkanes of at least 4 members (excludes halogenated alkanes) is 2. The first-order chi connectivity index (χ1) is 7.33. The molecule has 0 bridgehead atoms. The quantitative estimate of drug-likeness (QED) is 0.719. The van der Waals surface area contributed by atoms with Crippen molar-refractivity contribution in [3.05, 3.63) is 15.5 Å². The first-order valence-corrected chi connectivity index (χ1v) is 6.32. The SMILES string of the molecule is COCCCCCNCc1ncc(Cl)s1. The molecule has 0 radical (unpaired) electrons. The molecule has 1 heterocycles. The maximum Gasteiger partial charge on any atom is 0.113 e. The molecule has 15 heavy (non-hydrogen) atoms. The van der Waals surface area contributed by atoms with Crippen LogP contribution in [-0.4, -0.2) is 25.2 Å². The maximum absolute atomic E-state index is 5.77. The minimum Gasteiger partial charge on any atom is -0.385 e. The van der Waals surface area contributed by atoms with Crippen LogP contribution in [0.2, 0.25) is 4.34 Å². The first kappa shape index (κ1) is 12.9. The Kier molecular flexibility index (Phi) is 6.92. The van der Waals surface area contributed by atoms with Crippen LogP contribution in [0.1, 0.15) is 24.3 Å². The van der Waals surface area contributed by atoms with Gasteiger partial charge in [0.1, 0.15) is 9.34 Å². The maximum atomic E-state index is 5.77. The Balaban J connectivity index is 1.93. The third-order valence-corrected chi connectivity index (χ3v) is 3.12. The number of methoxy groups -OCH3 is 1. The van der Waals surface area contributed by atoms with E-state index in [1.54, 1.807) is 13.3 Å². The molecule has 86 valence electrons. The molecule has 3 nitrogen and oxygen atoms in total. The second-order valence-corrected chi connectivity index (χ2v) is 5.03. The Morgan fingerprint density at radius 1 is 1.47 bits per heavy atom. The normalized spacial score (nSPS) is 10.8. The van der Waals surface area contributed by atoms with Gasteiger partial charge in [0.15, 0.2) is 0 Å². The van der Waals surface area contributed by atoms with Gasteiger partial charge in [-0.3, -0.25) is 0 Å². The summed E-state index contributed by atoms with van der Waals surface area (Å²) in [5.74, 6) is 0. The molecule has 0 amide bonds. The number of thiazole rings is 1. The minimum absolute atomic E-state index is 0.756. The molecule has 5 heteroatoms. The van der Waals surface area contributed by atoms with Gasteiger partial charge < -0.3 is 10.1 Å². The number of halogens is 1. The molecule has 0 aliphatic carbocycles. The molecule has 1 aromatic heterocycles. The van der Waals surface area contributed by atoms with E-state index in [1.165, 1.54) is 24.2 Å². The van der Waals surface area contributed by atoms with Crippen molar-refractivity contribution < 1.29 is 4.74 Å². The van der Waals surface area contributed by atoms with Crippen molar-refractivity contribution >= 4 is 22.9 Å². The van der Waals surface area contributed by atoms with E-state index in [0.717, 1.165) is 35.5 Å². The summed E-state index contributed by atoms with van der Waals surface area (Å²) in [4.78, 5) is 4.17. The molecule has 0 aliphatic heterocycles. The van der Waals surface area contributed by atoms with Gasteiger partial charge >= 0.3 is 0 Å². The van der Waals surface area contributed by atoms with Crippen molar-refractivity contribution in [3.63, 3.8) is 0 Å². The summed E-state index contributed by atoms with van der Waals surface area (Å²) in [6.45, 7) is 2.71. The van der Waals surface area contributed by atoms with Crippen molar-refractivity contribution in [2.24, 2.45) is 0 Å². The lowest BCUT2D eigenvalue weighted by molar-refractivity contribution is 0.192. The van der Waals surface area contributed by atoms with Crippen LogP contribution in [0.25, 0.3) is 0 Å². The van der Waals surface area contributed by atoms with E-state index in [4.69, 9.17) is 16.3 Å². The van der Waals surface area contributed by atoms with E-state index in [9.17, 15) is 0 Å². The predicted octanol–water partition coefficient (Wildman–Crippen LogP) is 2.70. The summed E-state index contributed by atoms with van der Waals surface area (Å²) in [6, 6.07) is 0. The molecule has 0 atom stereocenters. The van der Waals surface area contributed by atoms with E-state index in [0.29, 0.717) is 0 Å². The van der Waals surface area contributed by atoms with Crippen molar-refractivity contribution in [2.45, 2.75) is 25.8 Å². The Morgan fingerprint density at radius 2 is 2.33 bits per heavy atom. The van der Waals surface area contributed by atoms with Gasteiger partial charge in [-0.2, -0.15) is 0 Å². The van der Waals surface area contributed by atoms with Gasteiger partial charge in [0.05, 0.1) is 6.20 Å². The van der Waals surface area contributed by atoms with E-state index < -0.39 is 0 Å². The van der Waals surface area contributed by atoms with Gasteiger partial charge in [0.25, 0.3) is 0 Å². The number of rotatable bonds is 8. The van der Waals surface area contributed by atoms with Crippen molar-refractivity contribution in [1.82, 2.24) is 10.3 Å². The third kappa shape index (κ3) is 6.10. The molecule has 0 saturated heterocycles. The van der Waals surface area contributed by atoms with Crippen molar-refractivity contribution in [3.8, 4) is 0 Å². The summed E-state index contributed by atoms with van der Waals surface area (Å²) < 4.78 is 5.73. The van der Waals surface area contributed by atoms with E-state index in [2.05, 4.69) is 10.3 Å². The average Bonchev–Trinajstić information content (AvgIpc) is 2.63. The van der Waals surface area contributed by atoms with Gasteiger partial charge in [0.2, 0.25) is 0 Å². The number of ether oxygens (including phenoxy) is 1. The standard InChI is InChI=1S/C10H17ClN2OS/c1-14-6-4-2-3-5-12-8-10-13-7-9(11)15-10/h7,12H,2-6,8H2,1H3. The monoisotopic (exact) mass is 248 g/mol. The number of hydrogen-bond donors (Lipinski definition) is 1. The van der Waals surface area contributed by atoms with Gasteiger partial charge in [-0.1, -0.05) is 11.6 Å². The fourth-order valence-corrected chi connectivity index (χ4v) is 2.16. The summed E-state index contributed by atoms with van der Waals surface area (Å²) >= 11 is 7.30. The van der Waals surface area contributed by atoms with Crippen LogP contribution in [-0.2, 0) is 11.3 Å². The van der Waals surface area contributed by atoms with Crippen molar-refractivity contribution in [1.29, 1.82) is 0 Å². The van der Waals surface area contributed by atoms with E-state index >= 15 is 0 Å². The van der Waals surface area contributed by atoms with Crippen LogP contribution in [0.3, 0.4) is 0 Å². The summed E-state index contributed by atoms with van der Waals surface area (Å²) in [6.07, 6.45) is 5.23. The minimum atomic E-state index is 0.756. The highest BCUT2D eigenvalue weighted by Gasteiger charge is 1.98. The largest absolute Gasteiger partial charge is 0.385 e. The zero-order chi connectivity index (χ0) is 10.9. The first-order valence-electron chi connectivity index (χ1n) is 5.13. The zero-order valence-electron chi connectivity index (χ0n) is 8.96. The molecular weight excluding hydrogens is 232 g/mol. The van der Waals surface area contributed by atoms with Gasteiger partial charge in [-0.25, -0.2) is 4.98 Å². The van der Waals surface area contributed by atoms with E-state index in [-0.39, 0.29) is 0 Å². The highest BCUT2D eigenvalue weighted by Crippen LogP contribution is 2.17. The van der Waals surface area contributed by atoms with Gasteiger partial charge in [-0.15, -0.1) is 11.3 Å².